The van der Waals surface area contributed by atoms with E-state index in [0.717, 1.165) is 11.6 Å². The molecule has 2 rings (SSSR count). The van der Waals surface area contributed by atoms with E-state index in [2.05, 4.69) is 15.5 Å². The Balaban J connectivity index is 1.67. The fourth-order valence-electron chi connectivity index (χ4n) is 1.70. The van der Waals surface area contributed by atoms with E-state index in [1.54, 1.807) is 6.33 Å². The van der Waals surface area contributed by atoms with E-state index in [4.69, 9.17) is 0 Å². The summed E-state index contributed by atoms with van der Waals surface area (Å²) in [5, 5.41) is 20.9. The zero-order chi connectivity index (χ0) is 13.7. The molecule has 1 aromatic rings. The second kappa shape index (κ2) is 6.91. The number of aromatic nitrogens is 3. The minimum Gasteiger partial charge on any atom is -0.393 e. The Bertz CT molecular complexity index is 420. The molecule has 0 aromatic carbocycles. The van der Waals surface area contributed by atoms with E-state index < -0.39 is 0 Å². The van der Waals surface area contributed by atoms with Crippen molar-refractivity contribution < 1.29 is 9.90 Å². The maximum Gasteiger partial charge on any atom is 0.230 e. The van der Waals surface area contributed by atoms with Crippen molar-refractivity contribution in [2.24, 2.45) is 0 Å². The van der Waals surface area contributed by atoms with Crippen molar-refractivity contribution in [3.63, 3.8) is 0 Å². The molecular formula is C12H20N4O2S. The third kappa shape index (κ3) is 4.50. The molecule has 1 fully saturated rings. The van der Waals surface area contributed by atoms with E-state index in [-0.39, 0.29) is 12.0 Å². The van der Waals surface area contributed by atoms with Crippen LogP contribution in [-0.2, 0) is 4.79 Å². The van der Waals surface area contributed by atoms with Crippen LogP contribution in [0.3, 0.4) is 0 Å². The van der Waals surface area contributed by atoms with E-state index in [1.807, 2.05) is 11.5 Å². The lowest BCUT2D eigenvalue weighted by Crippen LogP contribution is -2.28. The Kier molecular flexibility index (Phi) is 5.21. The first-order valence-corrected chi connectivity index (χ1v) is 7.66. The third-order valence-electron chi connectivity index (χ3n) is 3.08. The van der Waals surface area contributed by atoms with Crippen molar-refractivity contribution in [1.29, 1.82) is 0 Å². The van der Waals surface area contributed by atoms with Crippen LogP contribution in [-0.4, -0.2) is 44.2 Å². The summed E-state index contributed by atoms with van der Waals surface area (Å²) in [6, 6.07) is 0.528. The summed E-state index contributed by atoms with van der Waals surface area (Å²) in [6.07, 6.45) is 5.07. The molecule has 1 saturated carbocycles. The summed E-state index contributed by atoms with van der Waals surface area (Å²) < 4.78 is 2.04. The highest BCUT2D eigenvalue weighted by Crippen LogP contribution is 2.37. The number of carbonyl (C=O) groups excluding carboxylic acids is 1. The first kappa shape index (κ1) is 14.3. The van der Waals surface area contributed by atoms with Crippen molar-refractivity contribution in [3.8, 4) is 0 Å². The number of aliphatic hydroxyl groups is 1. The number of carbonyl (C=O) groups is 1. The van der Waals surface area contributed by atoms with Gasteiger partial charge in [-0.05, 0) is 25.7 Å². The number of nitrogens with zero attached hydrogens (tertiary/aromatic N) is 3. The van der Waals surface area contributed by atoms with Gasteiger partial charge in [-0.25, -0.2) is 0 Å². The van der Waals surface area contributed by atoms with Gasteiger partial charge in [0.15, 0.2) is 5.16 Å². The van der Waals surface area contributed by atoms with Crippen LogP contribution in [0.15, 0.2) is 11.5 Å². The molecule has 6 nitrogen and oxygen atoms in total. The first-order valence-electron chi connectivity index (χ1n) is 6.67. The number of hydrogen-bond acceptors (Lipinski definition) is 5. The maximum absolute atomic E-state index is 11.6. The van der Waals surface area contributed by atoms with Gasteiger partial charge in [0, 0.05) is 12.6 Å². The molecule has 1 amide bonds. The van der Waals surface area contributed by atoms with Crippen LogP contribution in [0.5, 0.6) is 0 Å². The molecule has 0 saturated heterocycles. The molecule has 106 valence electrons. The highest BCUT2D eigenvalue weighted by molar-refractivity contribution is 7.99. The summed E-state index contributed by atoms with van der Waals surface area (Å²) in [4.78, 5) is 11.6. The monoisotopic (exact) mass is 284 g/mol. The van der Waals surface area contributed by atoms with Crippen LogP contribution < -0.4 is 5.32 Å². The van der Waals surface area contributed by atoms with Crippen LogP contribution >= 0.6 is 11.8 Å². The van der Waals surface area contributed by atoms with Crippen molar-refractivity contribution >= 4 is 17.7 Å². The summed E-state index contributed by atoms with van der Waals surface area (Å²) in [5.41, 5.74) is 0. The van der Waals surface area contributed by atoms with Crippen LogP contribution in [0.2, 0.25) is 0 Å². The van der Waals surface area contributed by atoms with Gasteiger partial charge in [-0.1, -0.05) is 18.7 Å². The van der Waals surface area contributed by atoms with E-state index in [9.17, 15) is 9.90 Å². The Morgan fingerprint density at radius 3 is 3.16 bits per heavy atom. The maximum atomic E-state index is 11.6. The van der Waals surface area contributed by atoms with Gasteiger partial charge in [-0.2, -0.15) is 0 Å². The van der Waals surface area contributed by atoms with Gasteiger partial charge >= 0.3 is 0 Å². The van der Waals surface area contributed by atoms with Gasteiger partial charge in [0.1, 0.15) is 6.33 Å². The number of hydrogen-bond donors (Lipinski definition) is 2. The van der Waals surface area contributed by atoms with Crippen LogP contribution in [0, 0.1) is 0 Å². The summed E-state index contributed by atoms with van der Waals surface area (Å²) in [7, 11) is 0. The van der Waals surface area contributed by atoms with Crippen molar-refractivity contribution in [2.75, 3.05) is 12.3 Å². The minimum atomic E-state index is -0.328. The van der Waals surface area contributed by atoms with Gasteiger partial charge in [0.05, 0.1) is 11.9 Å². The molecular weight excluding hydrogens is 264 g/mol. The molecule has 1 aromatic heterocycles. The standard InChI is InChI=1S/C12H20N4O2S/c1-2-10(17)5-6-13-11(18)7-19-12-15-14-8-16(12)9-3-4-9/h8-10,17H,2-7H2,1H3,(H,13,18). The Hall–Kier alpha value is -1.08. The number of amides is 1. The Morgan fingerprint density at radius 2 is 2.47 bits per heavy atom. The second-order valence-corrected chi connectivity index (χ2v) is 5.68. The predicted molar refractivity (Wildman–Crippen MR) is 72.9 cm³/mol. The predicted octanol–water partition coefficient (Wildman–Crippen LogP) is 0.982. The summed E-state index contributed by atoms with van der Waals surface area (Å²) in [6.45, 7) is 2.44. The van der Waals surface area contributed by atoms with Gasteiger partial charge in [0.25, 0.3) is 0 Å². The zero-order valence-electron chi connectivity index (χ0n) is 11.1. The molecule has 0 aliphatic heterocycles. The topological polar surface area (TPSA) is 80.0 Å². The number of nitrogens with one attached hydrogen (secondary N) is 1. The minimum absolute atomic E-state index is 0.0290. The van der Waals surface area contributed by atoms with Crippen LogP contribution in [0.1, 0.15) is 38.6 Å². The molecule has 0 radical (unpaired) electrons. The molecule has 1 unspecified atom stereocenters. The lowest BCUT2D eigenvalue weighted by molar-refractivity contribution is -0.118. The molecule has 1 heterocycles. The zero-order valence-corrected chi connectivity index (χ0v) is 11.9. The molecule has 0 bridgehead atoms. The largest absolute Gasteiger partial charge is 0.393 e. The quantitative estimate of drug-likeness (QED) is 0.696. The molecule has 1 aliphatic rings. The van der Waals surface area contributed by atoms with Gasteiger partial charge < -0.3 is 15.0 Å². The molecule has 1 atom stereocenters. The molecule has 0 spiro atoms. The highest BCUT2D eigenvalue weighted by Gasteiger charge is 2.26. The van der Waals surface area contributed by atoms with Gasteiger partial charge in [0.2, 0.25) is 5.91 Å². The number of aliphatic hydroxyl groups excluding tert-OH is 1. The van der Waals surface area contributed by atoms with Crippen LogP contribution in [0.4, 0.5) is 0 Å². The number of rotatable bonds is 8. The molecule has 7 heteroatoms. The lowest BCUT2D eigenvalue weighted by atomic mass is 10.2. The Morgan fingerprint density at radius 1 is 1.68 bits per heavy atom. The van der Waals surface area contributed by atoms with E-state index in [1.165, 1.54) is 24.6 Å². The van der Waals surface area contributed by atoms with Crippen molar-refractivity contribution in [1.82, 2.24) is 20.1 Å². The fourth-order valence-corrected chi connectivity index (χ4v) is 2.51. The average molecular weight is 284 g/mol. The van der Waals surface area contributed by atoms with Crippen LogP contribution in [0.25, 0.3) is 0 Å². The Labute approximate surface area is 117 Å². The highest BCUT2D eigenvalue weighted by atomic mass is 32.2. The van der Waals surface area contributed by atoms with Gasteiger partial charge in [-0.3, -0.25) is 4.79 Å². The van der Waals surface area contributed by atoms with Crippen molar-refractivity contribution in [2.45, 2.75) is 49.9 Å². The molecule has 2 N–H and O–H groups in total. The molecule has 19 heavy (non-hydrogen) atoms. The second-order valence-electron chi connectivity index (χ2n) is 4.74. The summed E-state index contributed by atoms with van der Waals surface area (Å²) >= 11 is 1.41. The average Bonchev–Trinajstić information content (AvgIpc) is 3.15. The lowest BCUT2D eigenvalue weighted by Gasteiger charge is -2.08. The fraction of sp³-hybridized carbons (Fsp3) is 0.750. The molecule has 1 aliphatic carbocycles. The van der Waals surface area contributed by atoms with E-state index in [0.29, 0.717) is 24.8 Å². The summed E-state index contributed by atoms with van der Waals surface area (Å²) in [5.74, 6) is 0.312. The first-order chi connectivity index (χ1) is 9.20. The van der Waals surface area contributed by atoms with Crippen molar-refractivity contribution in [3.05, 3.63) is 6.33 Å². The number of thioether (sulfide) groups is 1. The SMILES string of the molecule is CCC(O)CCNC(=O)CSc1nncn1C1CC1. The third-order valence-corrected chi connectivity index (χ3v) is 4.04. The normalized spacial score (nSPS) is 16.3. The van der Waals surface area contributed by atoms with E-state index >= 15 is 0 Å². The van der Waals surface area contributed by atoms with Gasteiger partial charge in [-0.15, -0.1) is 10.2 Å². The smallest absolute Gasteiger partial charge is 0.230 e.